The van der Waals surface area contributed by atoms with Gasteiger partial charge in [0, 0.05) is 29.7 Å². The molecular weight excluding hydrogens is 220 g/mol. The molecule has 18 heavy (non-hydrogen) atoms. The van der Waals surface area contributed by atoms with E-state index in [4.69, 9.17) is 5.73 Å². The standard InChI is InChI=1S/C16H22N2/c1-15(2,3)11-5-6-14-12(9-11)13(10-18(14)4)16(17)7-8-16/h5-6,9-10H,7-8,17H2,1-4H3. The highest BCUT2D eigenvalue weighted by molar-refractivity contribution is 5.86. The van der Waals surface area contributed by atoms with Crippen LogP contribution in [-0.2, 0) is 18.0 Å². The van der Waals surface area contributed by atoms with Crippen molar-refractivity contribution in [3.63, 3.8) is 0 Å². The van der Waals surface area contributed by atoms with E-state index >= 15 is 0 Å². The molecule has 0 spiro atoms. The maximum Gasteiger partial charge on any atom is 0.0481 e. The van der Waals surface area contributed by atoms with Crippen LogP contribution in [0, 0.1) is 0 Å². The van der Waals surface area contributed by atoms with Crippen molar-refractivity contribution >= 4 is 10.9 Å². The summed E-state index contributed by atoms with van der Waals surface area (Å²) in [6.07, 6.45) is 4.45. The van der Waals surface area contributed by atoms with Crippen LogP contribution in [0.5, 0.6) is 0 Å². The Morgan fingerprint density at radius 2 is 1.89 bits per heavy atom. The first kappa shape index (κ1) is 11.8. The van der Waals surface area contributed by atoms with Gasteiger partial charge in [-0.05, 0) is 41.5 Å². The minimum Gasteiger partial charge on any atom is -0.350 e. The molecule has 1 heterocycles. The molecule has 1 saturated carbocycles. The summed E-state index contributed by atoms with van der Waals surface area (Å²) in [7, 11) is 2.11. The molecule has 0 bridgehead atoms. The van der Waals surface area contributed by atoms with Crippen LogP contribution in [-0.4, -0.2) is 4.57 Å². The Balaban J connectivity index is 2.25. The van der Waals surface area contributed by atoms with Gasteiger partial charge in [0.25, 0.3) is 0 Å². The third-order valence-electron chi connectivity index (χ3n) is 4.18. The Labute approximate surface area is 109 Å². The van der Waals surface area contributed by atoms with Gasteiger partial charge in [0.05, 0.1) is 0 Å². The summed E-state index contributed by atoms with van der Waals surface area (Å²) in [4.78, 5) is 0. The van der Waals surface area contributed by atoms with Crippen LogP contribution in [0.25, 0.3) is 10.9 Å². The highest BCUT2D eigenvalue weighted by atomic mass is 14.9. The second-order valence-electron chi connectivity index (χ2n) is 6.79. The summed E-state index contributed by atoms with van der Waals surface area (Å²) < 4.78 is 2.20. The van der Waals surface area contributed by atoms with Gasteiger partial charge in [-0.15, -0.1) is 0 Å². The molecule has 1 aromatic heterocycles. The lowest BCUT2D eigenvalue weighted by Gasteiger charge is -2.19. The first-order chi connectivity index (χ1) is 8.31. The summed E-state index contributed by atoms with van der Waals surface area (Å²) >= 11 is 0. The fourth-order valence-electron chi connectivity index (χ4n) is 2.66. The molecule has 1 aliphatic rings. The number of nitrogens with zero attached hydrogens (tertiary/aromatic N) is 1. The predicted molar refractivity (Wildman–Crippen MR) is 76.7 cm³/mol. The highest BCUT2D eigenvalue weighted by Gasteiger charge is 2.42. The second-order valence-corrected chi connectivity index (χ2v) is 6.79. The molecule has 0 unspecified atom stereocenters. The number of aryl methyl sites for hydroxylation is 1. The van der Waals surface area contributed by atoms with Crippen LogP contribution in [0.1, 0.15) is 44.7 Å². The molecule has 96 valence electrons. The van der Waals surface area contributed by atoms with Crippen LogP contribution in [0.3, 0.4) is 0 Å². The van der Waals surface area contributed by atoms with E-state index < -0.39 is 0 Å². The lowest BCUT2D eigenvalue weighted by Crippen LogP contribution is -2.18. The Hall–Kier alpha value is -1.28. The molecule has 3 rings (SSSR count). The molecule has 2 nitrogen and oxygen atoms in total. The molecule has 0 saturated heterocycles. The van der Waals surface area contributed by atoms with Gasteiger partial charge in [-0.3, -0.25) is 0 Å². The molecule has 2 aromatic rings. The fraction of sp³-hybridized carbons (Fsp3) is 0.500. The molecule has 0 amide bonds. The van der Waals surface area contributed by atoms with Crippen molar-refractivity contribution < 1.29 is 0 Å². The molecule has 1 aromatic carbocycles. The number of rotatable bonds is 1. The highest BCUT2D eigenvalue weighted by Crippen LogP contribution is 2.46. The van der Waals surface area contributed by atoms with Gasteiger partial charge >= 0.3 is 0 Å². The zero-order chi connectivity index (χ0) is 13.1. The quantitative estimate of drug-likeness (QED) is 0.816. The van der Waals surface area contributed by atoms with Crippen molar-refractivity contribution in [1.82, 2.24) is 4.57 Å². The van der Waals surface area contributed by atoms with E-state index in [1.54, 1.807) is 0 Å². The summed E-state index contributed by atoms with van der Waals surface area (Å²) in [6, 6.07) is 6.80. The first-order valence-corrected chi connectivity index (χ1v) is 6.70. The van der Waals surface area contributed by atoms with E-state index in [9.17, 15) is 0 Å². The fourth-order valence-corrected chi connectivity index (χ4v) is 2.66. The number of aromatic nitrogens is 1. The molecule has 0 radical (unpaired) electrons. The maximum atomic E-state index is 6.39. The molecule has 0 aliphatic heterocycles. The van der Waals surface area contributed by atoms with Gasteiger partial charge in [-0.2, -0.15) is 0 Å². The number of fused-ring (bicyclic) bond motifs is 1. The lowest BCUT2D eigenvalue weighted by molar-refractivity contribution is 0.591. The zero-order valence-corrected chi connectivity index (χ0v) is 11.7. The van der Waals surface area contributed by atoms with Crippen LogP contribution in [0.2, 0.25) is 0 Å². The van der Waals surface area contributed by atoms with Crippen molar-refractivity contribution in [3.8, 4) is 0 Å². The van der Waals surface area contributed by atoms with E-state index in [0.29, 0.717) is 0 Å². The summed E-state index contributed by atoms with van der Waals surface area (Å²) in [5.74, 6) is 0. The van der Waals surface area contributed by atoms with Crippen molar-refractivity contribution in [3.05, 3.63) is 35.5 Å². The maximum absolute atomic E-state index is 6.39. The smallest absolute Gasteiger partial charge is 0.0481 e. The van der Waals surface area contributed by atoms with Crippen LogP contribution in [0.4, 0.5) is 0 Å². The monoisotopic (exact) mass is 242 g/mol. The first-order valence-electron chi connectivity index (χ1n) is 6.70. The van der Waals surface area contributed by atoms with Crippen LogP contribution < -0.4 is 5.73 Å². The second kappa shape index (κ2) is 3.39. The number of nitrogens with two attached hydrogens (primary N) is 1. The van der Waals surface area contributed by atoms with Crippen LogP contribution >= 0.6 is 0 Å². The van der Waals surface area contributed by atoms with Crippen molar-refractivity contribution in [2.24, 2.45) is 12.8 Å². The molecule has 1 fully saturated rings. The predicted octanol–water partition coefficient (Wildman–Crippen LogP) is 3.42. The van der Waals surface area contributed by atoms with Crippen molar-refractivity contribution in [2.45, 2.75) is 44.6 Å². The third kappa shape index (κ3) is 1.67. The summed E-state index contributed by atoms with van der Waals surface area (Å²) in [6.45, 7) is 6.77. The van der Waals surface area contributed by atoms with Gasteiger partial charge < -0.3 is 10.3 Å². The van der Waals surface area contributed by atoms with Crippen molar-refractivity contribution in [1.29, 1.82) is 0 Å². The van der Waals surface area contributed by atoms with E-state index in [1.807, 2.05) is 0 Å². The zero-order valence-electron chi connectivity index (χ0n) is 11.7. The molecule has 2 heteroatoms. The normalized spacial score (nSPS) is 18.3. The van der Waals surface area contributed by atoms with Gasteiger partial charge in [0.2, 0.25) is 0 Å². The van der Waals surface area contributed by atoms with Crippen LogP contribution in [0.15, 0.2) is 24.4 Å². The van der Waals surface area contributed by atoms with E-state index in [0.717, 1.165) is 12.8 Å². The van der Waals surface area contributed by atoms with Gasteiger partial charge in [0.1, 0.15) is 0 Å². The van der Waals surface area contributed by atoms with E-state index in [-0.39, 0.29) is 11.0 Å². The minimum atomic E-state index is -0.0595. The third-order valence-corrected chi connectivity index (χ3v) is 4.18. The average Bonchev–Trinajstić information content (AvgIpc) is 2.93. The van der Waals surface area contributed by atoms with E-state index in [2.05, 4.69) is 56.8 Å². The van der Waals surface area contributed by atoms with Crippen molar-refractivity contribution in [2.75, 3.05) is 0 Å². The number of benzene rings is 1. The molecule has 2 N–H and O–H groups in total. The number of hydrogen-bond acceptors (Lipinski definition) is 1. The number of hydrogen-bond donors (Lipinski definition) is 1. The largest absolute Gasteiger partial charge is 0.350 e. The Kier molecular flexibility index (Phi) is 2.22. The Morgan fingerprint density at radius 3 is 2.44 bits per heavy atom. The Morgan fingerprint density at radius 1 is 1.22 bits per heavy atom. The molecule has 0 atom stereocenters. The van der Waals surface area contributed by atoms with Gasteiger partial charge in [0.15, 0.2) is 0 Å². The molecule has 1 aliphatic carbocycles. The minimum absolute atomic E-state index is 0.0595. The summed E-state index contributed by atoms with van der Waals surface area (Å²) in [5.41, 5.74) is 10.5. The summed E-state index contributed by atoms with van der Waals surface area (Å²) in [5, 5.41) is 1.34. The molecular formula is C16H22N2. The SMILES string of the molecule is Cn1cc(C2(N)CC2)c2cc(C(C)(C)C)ccc21. The van der Waals surface area contributed by atoms with E-state index in [1.165, 1.54) is 22.0 Å². The van der Waals surface area contributed by atoms with Gasteiger partial charge in [-0.25, -0.2) is 0 Å². The topological polar surface area (TPSA) is 30.9 Å². The van der Waals surface area contributed by atoms with Gasteiger partial charge in [-0.1, -0.05) is 26.8 Å². The average molecular weight is 242 g/mol. The Bertz CT molecular complexity index is 610. The lowest BCUT2D eigenvalue weighted by atomic mass is 9.86.